The number of likely N-dealkylation sites (tertiary alicyclic amines) is 1. The quantitative estimate of drug-likeness (QED) is 0.835. The van der Waals surface area contributed by atoms with Crippen molar-refractivity contribution in [3.05, 3.63) is 17.8 Å². The fraction of sp³-hybridized carbons (Fsp3) is 0.667. The van der Waals surface area contributed by atoms with Gasteiger partial charge in [-0.25, -0.2) is 13.2 Å². The number of ether oxygens (including phenoxy) is 1. The van der Waals surface area contributed by atoms with Crippen LogP contribution in [0.15, 0.2) is 17.2 Å². The number of nitrogens with zero attached hydrogens (tertiary/aromatic N) is 3. The summed E-state index contributed by atoms with van der Waals surface area (Å²) in [5.41, 5.74) is 0.0473. The van der Waals surface area contributed by atoms with Gasteiger partial charge in [0.15, 0.2) is 14.9 Å². The largest absolute Gasteiger partial charge is 0.444 e. The van der Waals surface area contributed by atoms with E-state index in [-0.39, 0.29) is 10.8 Å². The smallest absolute Gasteiger partial charge is 0.410 e. The first-order chi connectivity index (χ1) is 10.6. The first kappa shape index (κ1) is 17.7. The SMILES string of the molecule is Cc1ccc(S(=O)(=O)CC2CCCN2C(=O)OC(C)(C)C)nn1. The predicted molar refractivity (Wildman–Crippen MR) is 84.8 cm³/mol. The number of sulfone groups is 1. The number of hydrogen-bond acceptors (Lipinski definition) is 6. The van der Waals surface area contributed by atoms with Gasteiger partial charge in [-0.2, -0.15) is 5.10 Å². The molecular formula is C15H23N3O4S. The lowest BCUT2D eigenvalue weighted by atomic mass is 10.2. The zero-order chi connectivity index (χ0) is 17.3. The minimum atomic E-state index is -3.59. The Kier molecular flexibility index (Phi) is 4.93. The van der Waals surface area contributed by atoms with E-state index >= 15 is 0 Å². The Balaban J connectivity index is 2.11. The molecule has 1 saturated heterocycles. The molecule has 23 heavy (non-hydrogen) atoms. The van der Waals surface area contributed by atoms with E-state index in [2.05, 4.69) is 10.2 Å². The monoisotopic (exact) mass is 341 g/mol. The molecule has 1 unspecified atom stereocenters. The Morgan fingerprint density at radius 3 is 2.61 bits per heavy atom. The third kappa shape index (κ3) is 4.63. The van der Waals surface area contributed by atoms with Gasteiger partial charge in [-0.3, -0.25) is 0 Å². The lowest BCUT2D eigenvalue weighted by Crippen LogP contribution is -2.42. The molecule has 1 atom stereocenters. The Morgan fingerprint density at radius 2 is 2.04 bits per heavy atom. The van der Waals surface area contributed by atoms with E-state index in [0.717, 1.165) is 6.42 Å². The Labute approximate surface area is 137 Å². The van der Waals surface area contributed by atoms with E-state index < -0.39 is 27.6 Å². The maximum atomic E-state index is 12.5. The molecule has 0 bridgehead atoms. The molecule has 1 aromatic heterocycles. The number of aryl methyl sites for hydroxylation is 1. The van der Waals surface area contributed by atoms with Crippen LogP contribution in [0.5, 0.6) is 0 Å². The Morgan fingerprint density at radius 1 is 1.35 bits per heavy atom. The van der Waals surface area contributed by atoms with E-state index in [1.165, 1.54) is 11.0 Å². The molecule has 0 spiro atoms. The van der Waals surface area contributed by atoms with Crippen molar-refractivity contribution in [2.75, 3.05) is 12.3 Å². The van der Waals surface area contributed by atoms with Crippen molar-refractivity contribution in [3.63, 3.8) is 0 Å². The molecule has 8 heteroatoms. The molecule has 7 nitrogen and oxygen atoms in total. The number of carbonyl (C=O) groups is 1. The lowest BCUT2D eigenvalue weighted by Gasteiger charge is -2.28. The molecule has 1 amide bonds. The van der Waals surface area contributed by atoms with Crippen LogP contribution in [0.25, 0.3) is 0 Å². The average Bonchev–Trinajstić information content (AvgIpc) is 2.84. The normalized spacial score (nSPS) is 19.0. The number of hydrogen-bond donors (Lipinski definition) is 0. The van der Waals surface area contributed by atoms with Gasteiger partial charge in [0.25, 0.3) is 0 Å². The highest BCUT2D eigenvalue weighted by Gasteiger charge is 2.35. The molecule has 1 aliphatic heterocycles. The fourth-order valence-corrected chi connectivity index (χ4v) is 3.93. The maximum absolute atomic E-state index is 12.5. The van der Waals surface area contributed by atoms with Crippen LogP contribution in [-0.4, -0.2) is 53.5 Å². The highest BCUT2D eigenvalue weighted by molar-refractivity contribution is 7.91. The number of rotatable bonds is 3. The van der Waals surface area contributed by atoms with Gasteiger partial charge in [-0.15, -0.1) is 5.10 Å². The minimum Gasteiger partial charge on any atom is -0.444 e. The molecule has 2 rings (SSSR count). The molecule has 1 aliphatic rings. The van der Waals surface area contributed by atoms with E-state index in [1.807, 2.05) is 0 Å². The van der Waals surface area contributed by atoms with E-state index in [9.17, 15) is 13.2 Å². The summed E-state index contributed by atoms with van der Waals surface area (Å²) >= 11 is 0. The van der Waals surface area contributed by atoms with Crippen molar-refractivity contribution in [1.29, 1.82) is 0 Å². The van der Waals surface area contributed by atoms with E-state index in [1.54, 1.807) is 33.8 Å². The fourth-order valence-electron chi connectivity index (χ4n) is 2.46. The third-order valence-electron chi connectivity index (χ3n) is 3.51. The number of carbonyl (C=O) groups excluding carboxylic acids is 1. The first-order valence-corrected chi connectivity index (χ1v) is 9.26. The molecule has 0 radical (unpaired) electrons. The first-order valence-electron chi connectivity index (χ1n) is 7.61. The summed E-state index contributed by atoms with van der Waals surface area (Å²) in [6, 6.07) is 2.67. The molecule has 2 heterocycles. The van der Waals surface area contributed by atoms with Crippen LogP contribution >= 0.6 is 0 Å². The van der Waals surface area contributed by atoms with Gasteiger partial charge in [0, 0.05) is 12.6 Å². The summed E-state index contributed by atoms with van der Waals surface area (Å²) in [7, 11) is -3.59. The van der Waals surface area contributed by atoms with Crippen LogP contribution in [0.3, 0.4) is 0 Å². The van der Waals surface area contributed by atoms with Gasteiger partial charge in [0.2, 0.25) is 0 Å². The predicted octanol–water partition coefficient (Wildman–Crippen LogP) is 1.96. The van der Waals surface area contributed by atoms with Crippen molar-refractivity contribution in [2.45, 2.75) is 57.2 Å². The van der Waals surface area contributed by atoms with E-state index in [0.29, 0.717) is 18.7 Å². The maximum Gasteiger partial charge on any atom is 0.410 e. The van der Waals surface area contributed by atoms with Gasteiger partial charge < -0.3 is 9.64 Å². The summed E-state index contributed by atoms with van der Waals surface area (Å²) < 4.78 is 30.3. The second-order valence-electron chi connectivity index (χ2n) is 6.76. The van der Waals surface area contributed by atoms with E-state index in [4.69, 9.17) is 4.74 Å². The van der Waals surface area contributed by atoms with Crippen LogP contribution in [0.1, 0.15) is 39.3 Å². The zero-order valence-electron chi connectivity index (χ0n) is 13.9. The van der Waals surface area contributed by atoms with Gasteiger partial charge in [-0.05, 0) is 52.7 Å². The molecule has 128 valence electrons. The summed E-state index contributed by atoms with van der Waals surface area (Å²) in [6.07, 6.45) is 0.932. The summed E-state index contributed by atoms with van der Waals surface area (Å²) in [5, 5.41) is 7.48. The highest BCUT2D eigenvalue weighted by atomic mass is 32.2. The molecule has 0 aliphatic carbocycles. The molecule has 0 aromatic carbocycles. The van der Waals surface area contributed by atoms with Gasteiger partial charge >= 0.3 is 6.09 Å². The van der Waals surface area contributed by atoms with Crippen LogP contribution < -0.4 is 0 Å². The highest BCUT2D eigenvalue weighted by Crippen LogP contribution is 2.23. The zero-order valence-corrected chi connectivity index (χ0v) is 14.8. The molecule has 0 N–H and O–H groups in total. The molecule has 0 saturated carbocycles. The van der Waals surface area contributed by atoms with Crippen LogP contribution in [0, 0.1) is 6.92 Å². The minimum absolute atomic E-state index is 0.0564. The topological polar surface area (TPSA) is 89.5 Å². The summed E-state index contributed by atoms with van der Waals surface area (Å²) in [5.74, 6) is -0.163. The van der Waals surface area contributed by atoms with Crippen LogP contribution in [0.2, 0.25) is 0 Å². The van der Waals surface area contributed by atoms with Crippen LogP contribution in [0.4, 0.5) is 4.79 Å². The second-order valence-corrected chi connectivity index (χ2v) is 8.75. The molecule has 1 aromatic rings. The number of amides is 1. The van der Waals surface area contributed by atoms with Crippen molar-refractivity contribution >= 4 is 15.9 Å². The molecule has 1 fully saturated rings. The summed E-state index contributed by atoms with van der Waals surface area (Å²) in [4.78, 5) is 13.7. The summed E-state index contributed by atoms with van der Waals surface area (Å²) in [6.45, 7) is 7.61. The standard InChI is InChI=1S/C15H23N3O4S/c1-11-7-8-13(17-16-11)23(20,21)10-12-6-5-9-18(12)14(19)22-15(2,3)4/h7-8,12H,5-6,9-10H2,1-4H3. The average molecular weight is 341 g/mol. The van der Waals surface area contributed by atoms with Crippen molar-refractivity contribution < 1.29 is 17.9 Å². The third-order valence-corrected chi connectivity index (χ3v) is 5.19. The molecular weight excluding hydrogens is 318 g/mol. The second kappa shape index (κ2) is 6.43. The Hall–Kier alpha value is -1.70. The Bertz CT molecular complexity index is 665. The van der Waals surface area contributed by atoms with Gasteiger partial charge in [-0.1, -0.05) is 0 Å². The van der Waals surface area contributed by atoms with Crippen molar-refractivity contribution in [2.24, 2.45) is 0 Å². The van der Waals surface area contributed by atoms with Crippen molar-refractivity contribution in [3.8, 4) is 0 Å². The van der Waals surface area contributed by atoms with Gasteiger partial charge in [0.1, 0.15) is 5.60 Å². The number of aromatic nitrogens is 2. The van der Waals surface area contributed by atoms with Crippen LogP contribution in [-0.2, 0) is 14.6 Å². The van der Waals surface area contributed by atoms with Gasteiger partial charge in [0.05, 0.1) is 11.4 Å². The lowest BCUT2D eigenvalue weighted by molar-refractivity contribution is 0.0241. The van der Waals surface area contributed by atoms with Crippen molar-refractivity contribution in [1.82, 2.24) is 15.1 Å².